The summed E-state index contributed by atoms with van der Waals surface area (Å²) >= 11 is 1.70. The molecule has 2 heterocycles. The van der Waals surface area contributed by atoms with Gasteiger partial charge in [-0.05, 0) is 47.4 Å². The summed E-state index contributed by atoms with van der Waals surface area (Å²) in [6, 6.07) is 6.39. The number of furan rings is 1. The van der Waals surface area contributed by atoms with Crippen LogP contribution in [0.15, 0.2) is 39.6 Å². The van der Waals surface area contributed by atoms with Gasteiger partial charge < -0.3 is 9.73 Å². The van der Waals surface area contributed by atoms with Crippen molar-refractivity contribution in [1.29, 1.82) is 0 Å². The number of thiophene rings is 1. The Kier molecular flexibility index (Phi) is 4.18. The molecule has 20 heavy (non-hydrogen) atoms. The average Bonchev–Trinajstić information content (AvgIpc) is 2.94. The highest BCUT2D eigenvalue weighted by molar-refractivity contribution is 7.07. The first-order valence-electron chi connectivity index (χ1n) is 6.85. The Hall–Kier alpha value is -1.59. The fraction of sp³-hybridized carbons (Fsp3) is 0.400. The topological polar surface area (TPSA) is 45.5 Å². The first kappa shape index (κ1) is 13.4. The zero-order valence-electron chi connectivity index (χ0n) is 11.2. The summed E-state index contributed by atoms with van der Waals surface area (Å²) in [4.78, 5) is 14.3. The van der Waals surface area contributed by atoms with Crippen LogP contribution >= 0.6 is 11.3 Å². The second-order valence-corrected chi connectivity index (χ2v) is 5.90. The van der Waals surface area contributed by atoms with E-state index in [1.165, 1.54) is 18.4 Å². The molecule has 2 aromatic heterocycles. The fourth-order valence-electron chi connectivity index (χ4n) is 2.21. The summed E-state index contributed by atoms with van der Waals surface area (Å²) in [6.45, 7) is 1.78. The van der Waals surface area contributed by atoms with Crippen LogP contribution in [-0.2, 0) is 17.9 Å². The van der Waals surface area contributed by atoms with E-state index in [2.05, 4.69) is 27.0 Å². The summed E-state index contributed by atoms with van der Waals surface area (Å²) in [5, 5.41) is 7.14. The number of amides is 1. The van der Waals surface area contributed by atoms with Gasteiger partial charge in [0.2, 0.25) is 5.91 Å². The van der Waals surface area contributed by atoms with Crippen molar-refractivity contribution in [2.45, 2.75) is 32.0 Å². The summed E-state index contributed by atoms with van der Waals surface area (Å²) < 4.78 is 5.21. The molecule has 3 rings (SSSR count). The zero-order valence-corrected chi connectivity index (χ0v) is 12.1. The largest absolute Gasteiger partial charge is 0.467 e. The molecule has 106 valence electrons. The van der Waals surface area contributed by atoms with Gasteiger partial charge in [0.15, 0.2) is 0 Å². The lowest BCUT2D eigenvalue weighted by Crippen LogP contribution is -2.37. The van der Waals surface area contributed by atoms with Gasteiger partial charge >= 0.3 is 0 Å². The Labute approximate surface area is 122 Å². The molecule has 0 atom stereocenters. The third-order valence-electron chi connectivity index (χ3n) is 3.42. The maximum Gasteiger partial charge on any atom is 0.234 e. The van der Waals surface area contributed by atoms with Crippen molar-refractivity contribution in [2.75, 3.05) is 6.54 Å². The number of hydrogen-bond acceptors (Lipinski definition) is 4. The molecule has 4 nitrogen and oxygen atoms in total. The molecule has 1 aliphatic carbocycles. The van der Waals surface area contributed by atoms with Crippen LogP contribution in [0.4, 0.5) is 0 Å². The molecule has 1 N–H and O–H groups in total. The Balaban J connectivity index is 1.49. The van der Waals surface area contributed by atoms with Crippen LogP contribution in [0.2, 0.25) is 0 Å². The second-order valence-electron chi connectivity index (χ2n) is 5.12. The second kappa shape index (κ2) is 6.24. The zero-order chi connectivity index (χ0) is 13.8. The number of nitrogens with zero attached hydrogens (tertiary/aromatic N) is 1. The molecular formula is C15H18N2O2S. The van der Waals surface area contributed by atoms with Gasteiger partial charge in [-0.1, -0.05) is 0 Å². The number of nitrogens with one attached hydrogen (secondary N) is 1. The number of hydrogen-bond donors (Lipinski definition) is 1. The van der Waals surface area contributed by atoms with E-state index >= 15 is 0 Å². The van der Waals surface area contributed by atoms with Crippen molar-refractivity contribution in [2.24, 2.45) is 0 Å². The van der Waals surface area contributed by atoms with Crippen LogP contribution in [0.25, 0.3) is 0 Å². The normalized spacial score (nSPS) is 14.7. The maximum absolute atomic E-state index is 12.0. The van der Waals surface area contributed by atoms with Gasteiger partial charge in [0.05, 0.1) is 19.4 Å². The highest BCUT2D eigenvalue weighted by Crippen LogP contribution is 2.28. The molecule has 0 spiro atoms. The van der Waals surface area contributed by atoms with E-state index in [0.29, 0.717) is 19.1 Å². The van der Waals surface area contributed by atoms with E-state index in [-0.39, 0.29) is 5.91 Å². The van der Waals surface area contributed by atoms with E-state index in [1.807, 2.05) is 12.1 Å². The van der Waals surface area contributed by atoms with Crippen molar-refractivity contribution in [3.63, 3.8) is 0 Å². The Morgan fingerprint density at radius 3 is 3.00 bits per heavy atom. The van der Waals surface area contributed by atoms with Gasteiger partial charge in [0, 0.05) is 12.6 Å². The van der Waals surface area contributed by atoms with E-state index < -0.39 is 0 Å². The summed E-state index contributed by atoms with van der Waals surface area (Å²) in [7, 11) is 0. The Morgan fingerprint density at radius 1 is 1.45 bits per heavy atom. The fourth-order valence-corrected chi connectivity index (χ4v) is 2.87. The molecule has 0 aliphatic heterocycles. The number of carbonyl (C=O) groups is 1. The SMILES string of the molecule is O=C(CN(Cc1ccsc1)C1CC1)NCc1ccco1. The summed E-state index contributed by atoms with van der Waals surface area (Å²) in [5.41, 5.74) is 1.29. The molecule has 2 aromatic rings. The number of rotatable bonds is 7. The number of carbonyl (C=O) groups excluding carboxylic acids is 1. The smallest absolute Gasteiger partial charge is 0.234 e. The van der Waals surface area contributed by atoms with Crippen LogP contribution in [-0.4, -0.2) is 23.4 Å². The summed E-state index contributed by atoms with van der Waals surface area (Å²) in [6.07, 6.45) is 4.03. The van der Waals surface area contributed by atoms with Gasteiger partial charge in [-0.15, -0.1) is 0 Å². The monoisotopic (exact) mass is 290 g/mol. The molecule has 1 aliphatic rings. The Morgan fingerprint density at radius 2 is 2.35 bits per heavy atom. The molecule has 0 saturated heterocycles. The van der Waals surface area contributed by atoms with E-state index in [9.17, 15) is 4.79 Å². The molecule has 1 saturated carbocycles. The minimum Gasteiger partial charge on any atom is -0.467 e. The molecule has 0 bridgehead atoms. The predicted molar refractivity (Wildman–Crippen MR) is 78.3 cm³/mol. The highest BCUT2D eigenvalue weighted by atomic mass is 32.1. The van der Waals surface area contributed by atoms with Crippen LogP contribution in [0.1, 0.15) is 24.2 Å². The summed E-state index contributed by atoms with van der Waals surface area (Å²) in [5.74, 6) is 0.845. The minimum atomic E-state index is 0.0588. The molecule has 0 unspecified atom stereocenters. The lowest BCUT2D eigenvalue weighted by atomic mass is 10.3. The van der Waals surface area contributed by atoms with Crippen LogP contribution in [0.5, 0.6) is 0 Å². The molecule has 0 aromatic carbocycles. The first-order valence-corrected chi connectivity index (χ1v) is 7.80. The maximum atomic E-state index is 12.0. The van der Waals surface area contributed by atoms with E-state index in [4.69, 9.17) is 4.42 Å². The predicted octanol–water partition coefficient (Wildman–Crippen LogP) is 2.62. The quantitative estimate of drug-likeness (QED) is 0.852. The van der Waals surface area contributed by atoms with Crippen molar-refractivity contribution >= 4 is 17.2 Å². The van der Waals surface area contributed by atoms with Gasteiger partial charge in [0.25, 0.3) is 0 Å². The molecule has 0 radical (unpaired) electrons. The molecule has 1 fully saturated rings. The molecular weight excluding hydrogens is 272 g/mol. The van der Waals surface area contributed by atoms with Gasteiger partial charge in [-0.25, -0.2) is 0 Å². The van der Waals surface area contributed by atoms with Crippen molar-refractivity contribution in [3.8, 4) is 0 Å². The highest BCUT2D eigenvalue weighted by Gasteiger charge is 2.30. The van der Waals surface area contributed by atoms with Crippen LogP contribution < -0.4 is 5.32 Å². The van der Waals surface area contributed by atoms with E-state index in [0.717, 1.165) is 12.3 Å². The van der Waals surface area contributed by atoms with Gasteiger partial charge in [-0.3, -0.25) is 9.69 Å². The van der Waals surface area contributed by atoms with Gasteiger partial charge in [0.1, 0.15) is 5.76 Å². The minimum absolute atomic E-state index is 0.0588. The third-order valence-corrected chi connectivity index (χ3v) is 4.15. The van der Waals surface area contributed by atoms with Crippen LogP contribution in [0, 0.1) is 0 Å². The van der Waals surface area contributed by atoms with Gasteiger partial charge in [-0.2, -0.15) is 11.3 Å². The standard InChI is InChI=1S/C15H18N2O2S/c18-15(16-8-14-2-1-6-19-14)10-17(13-3-4-13)9-12-5-7-20-11-12/h1-2,5-7,11,13H,3-4,8-10H2,(H,16,18). The van der Waals surface area contributed by atoms with Crippen molar-refractivity contribution < 1.29 is 9.21 Å². The first-order chi connectivity index (χ1) is 9.81. The third kappa shape index (κ3) is 3.71. The lowest BCUT2D eigenvalue weighted by molar-refractivity contribution is -0.122. The van der Waals surface area contributed by atoms with Crippen molar-refractivity contribution in [3.05, 3.63) is 46.5 Å². The van der Waals surface area contributed by atoms with E-state index in [1.54, 1.807) is 17.6 Å². The van der Waals surface area contributed by atoms with Crippen LogP contribution in [0.3, 0.4) is 0 Å². The molecule has 1 amide bonds. The van der Waals surface area contributed by atoms with Crippen molar-refractivity contribution in [1.82, 2.24) is 10.2 Å². The average molecular weight is 290 g/mol. The lowest BCUT2D eigenvalue weighted by Gasteiger charge is -2.20. The molecule has 5 heteroatoms. The Bertz CT molecular complexity index is 532.